The van der Waals surface area contributed by atoms with Gasteiger partial charge in [-0.1, -0.05) is 36.2 Å². The van der Waals surface area contributed by atoms with E-state index in [1.807, 2.05) is 19.1 Å². The van der Waals surface area contributed by atoms with Gasteiger partial charge in [-0.25, -0.2) is 4.39 Å². The number of benzene rings is 1. The minimum atomic E-state index is -0.409. The second-order valence-corrected chi connectivity index (χ2v) is 5.27. The minimum absolute atomic E-state index is 0.0216. The molecule has 5 heteroatoms. The summed E-state index contributed by atoms with van der Waals surface area (Å²) in [4.78, 5) is 3.97. The fraction of sp³-hybridized carbons (Fsp3) is 0.267. The summed E-state index contributed by atoms with van der Waals surface area (Å²) in [5.41, 5.74) is 1.82. The highest BCUT2D eigenvalue weighted by Gasteiger charge is 2.14. The van der Waals surface area contributed by atoms with Crippen molar-refractivity contribution in [2.75, 3.05) is 6.54 Å². The van der Waals surface area contributed by atoms with Gasteiger partial charge in [0.1, 0.15) is 5.82 Å². The topological polar surface area (TPSA) is 24.9 Å². The van der Waals surface area contributed by atoms with Crippen molar-refractivity contribution in [3.63, 3.8) is 0 Å². The van der Waals surface area contributed by atoms with Crippen LogP contribution in [0.1, 0.15) is 24.1 Å². The predicted octanol–water partition coefficient (Wildman–Crippen LogP) is 4.42. The molecular formula is C15H15Cl2FN2. The Morgan fingerprint density at radius 2 is 2.05 bits per heavy atom. The summed E-state index contributed by atoms with van der Waals surface area (Å²) in [7, 11) is 0. The van der Waals surface area contributed by atoms with Gasteiger partial charge in [0.25, 0.3) is 0 Å². The molecule has 0 aliphatic heterocycles. The summed E-state index contributed by atoms with van der Waals surface area (Å²) in [6.07, 6.45) is 3.98. The molecule has 106 valence electrons. The van der Waals surface area contributed by atoms with E-state index >= 15 is 0 Å². The summed E-state index contributed by atoms with van der Waals surface area (Å²) < 4.78 is 13.6. The molecule has 1 atom stereocenters. The highest BCUT2D eigenvalue weighted by Crippen LogP contribution is 2.25. The molecule has 2 nitrogen and oxygen atoms in total. The van der Waals surface area contributed by atoms with Crippen LogP contribution in [0.25, 0.3) is 0 Å². The number of nitrogens with zero attached hydrogens (tertiary/aromatic N) is 1. The molecule has 2 rings (SSSR count). The molecule has 0 bridgehead atoms. The highest BCUT2D eigenvalue weighted by atomic mass is 35.5. The second kappa shape index (κ2) is 7.02. The minimum Gasteiger partial charge on any atom is -0.310 e. The number of hydrogen-bond donors (Lipinski definition) is 1. The van der Waals surface area contributed by atoms with Gasteiger partial charge in [0.05, 0.1) is 10.0 Å². The van der Waals surface area contributed by atoms with Crippen LogP contribution in [-0.2, 0) is 6.42 Å². The smallest absolute Gasteiger partial charge is 0.142 e. The zero-order chi connectivity index (χ0) is 14.5. The molecule has 0 fully saturated rings. The number of aromatic nitrogens is 1. The fourth-order valence-electron chi connectivity index (χ4n) is 2.07. The molecule has 1 aromatic heterocycles. The van der Waals surface area contributed by atoms with E-state index in [4.69, 9.17) is 23.2 Å². The van der Waals surface area contributed by atoms with Crippen LogP contribution in [0.15, 0.2) is 36.7 Å². The monoisotopic (exact) mass is 312 g/mol. The van der Waals surface area contributed by atoms with E-state index in [9.17, 15) is 4.39 Å². The third kappa shape index (κ3) is 3.69. The summed E-state index contributed by atoms with van der Waals surface area (Å²) in [5, 5.41) is 4.08. The maximum absolute atomic E-state index is 13.6. The van der Waals surface area contributed by atoms with Crippen molar-refractivity contribution >= 4 is 23.2 Å². The molecule has 20 heavy (non-hydrogen) atoms. The van der Waals surface area contributed by atoms with Crippen LogP contribution in [0, 0.1) is 5.82 Å². The molecule has 1 aromatic carbocycles. The molecule has 0 aliphatic carbocycles. The lowest BCUT2D eigenvalue weighted by Crippen LogP contribution is -2.23. The van der Waals surface area contributed by atoms with Crippen LogP contribution in [0.2, 0.25) is 10.0 Å². The zero-order valence-electron chi connectivity index (χ0n) is 11.0. The van der Waals surface area contributed by atoms with Crippen molar-refractivity contribution in [2.24, 2.45) is 0 Å². The average molecular weight is 313 g/mol. The van der Waals surface area contributed by atoms with Gasteiger partial charge in [-0.2, -0.15) is 0 Å². The molecule has 0 aliphatic rings. The molecule has 0 amide bonds. The van der Waals surface area contributed by atoms with E-state index in [2.05, 4.69) is 10.3 Å². The third-order valence-electron chi connectivity index (χ3n) is 3.08. The number of pyridine rings is 1. The van der Waals surface area contributed by atoms with Gasteiger partial charge in [0, 0.05) is 18.4 Å². The van der Waals surface area contributed by atoms with Crippen molar-refractivity contribution in [3.05, 3.63) is 63.6 Å². The molecule has 1 unspecified atom stereocenters. The van der Waals surface area contributed by atoms with Crippen LogP contribution in [0.3, 0.4) is 0 Å². The van der Waals surface area contributed by atoms with Crippen LogP contribution in [-0.4, -0.2) is 11.5 Å². The van der Waals surface area contributed by atoms with Gasteiger partial charge >= 0.3 is 0 Å². The molecule has 0 saturated heterocycles. The molecule has 1 N–H and O–H groups in total. The van der Waals surface area contributed by atoms with Crippen LogP contribution in [0.5, 0.6) is 0 Å². The Labute approximate surface area is 127 Å². The first-order valence-electron chi connectivity index (χ1n) is 6.38. The van der Waals surface area contributed by atoms with Crippen LogP contribution < -0.4 is 5.32 Å². The van der Waals surface area contributed by atoms with E-state index < -0.39 is 5.82 Å². The summed E-state index contributed by atoms with van der Waals surface area (Å²) in [5.74, 6) is -0.409. The predicted molar refractivity (Wildman–Crippen MR) is 80.8 cm³/mol. The number of hydrogen-bond acceptors (Lipinski definition) is 2. The lowest BCUT2D eigenvalue weighted by Gasteiger charge is -2.19. The Morgan fingerprint density at radius 3 is 2.70 bits per heavy atom. The largest absolute Gasteiger partial charge is 0.310 e. The average Bonchev–Trinajstić information content (AvgIpc) is 2.44. The van der Waals surface area contributed by atoms with Crippen molar-refractivity contribution < 1.29 is 4.39 Å². The Kier molecular flexibility index (Phi) is 5.35. The quantitative estimate of drug-likeness (QED) is 0.884. The highest BCUT2D eigenvalue weighted by molar-refractivity contribution is 6.31. The number of rotatable bonds is 5. The Bertz CT molecular complexity index is 590. The first-order chi connectivity index (χ1) is 9.61. The first kappa shape index (κ1) is 15.2. The van der Waals surface area contributed by atoms with Crippen LogP contribution in [0.4, 0.5) is 4.39 Å². The molecule has 1 heterocycles. The van der Waals surface area contributed by atoms with E-state index in [1.54, 1.807) is 18.5 Å². The normalized spacial score (nSPS) is 12.4. The van der Waals surface area contributed by atoms with Crippen LogP contribution >= 0.6 is 23.2 Å². The molecule has 0 saturated carbocycles. The van der Waals surface area contributed by atoms with Gasteiger partial charge < -0.3 is 5.32 Å². The van der Waals surface area contributed by atoms with Gasteiger partial charge in [-0.3, -0.25) is 4.98 Å². The fourth-order valence-corrected chi connectivity index (χ4v) is 2.39. The molecule has 0 radical (unpaired) electrons. The molecule has 2 aromatic rings. The Hall–Kier alpha value is -1.16. The van der Waals surface area contributed by atoms with Gasteiger partial charge in [-0.05, 0) is 42.3 Å². The van der Waals surface area contributed by atoms with Gasteiger partial charge in [0.15, 0.2) is 0 Å². The maximum Gasteiger partial charge on any atom is 0.142 e. The SMILES string of the molecule is CCNC(Cc1ccncc1Cl)c1ccc(Cl)c(F)c1. The Balaban J connectivity index is 2.27. The van der Waals surface area contributed by atoms with E-state index in [1.165, 1.54) is 6.07 Å². The lowest BCUT2D eigenvalue weighted by atomic mass is 9.99. The number of likely N-dealkylation sites (N-methyl/N-ethyl adjacent to an activating group) is 1. The standard InChI is InChI=1S/C15H15Cl2FN2/c1-2-20-15(8-10-5-6-19-9-13(10)17)11-3-4-12(16)14(18)7-11/h3-7,9,15,20H,2,8H2,1H3. The zero-order valence-corrected chi connectivity index (χ0v) is 12.5. The molecule has 0 spiro atoms. The Morgan fingerprint density at radius 1 is 1.25 bits per heavy atom. The first-order valence-corrected chi connectivity index (χ1v) is 7.14. The number of nitrogens with one attached hydrogen (secondary N) is 1. The lowest BCUT2D eigenvalue weighted by molar-refractivity contribution is 0.542. The number of halogens is 3. The van der Waals surface area contributed by atoms with Gasteiger partial charge in [0.2, 0.25) is 0 Å². The van der Waals surface area contributed by atoms with Crippen molar-refractivity contribution in [1.29, 1.82) is 0 Å². The summed E-state index contributed by atoms with van der Waals surface area (Å²) >= 11 is 11.9. The van der Waals surface area contributed by atoms with Crippen molar-refractivity contribution in [1.82, 2.24) is 10.3 Å². The van der Waals surface area contributed by atoms with E-state index in [0.29, 0.717) is 11.4 Å². The van der Waals surface area contributed by atoms with Crippen molar-refractivity contribution in [3.8, 4) is 0 Å². The summed E-state index contributed by atoms with van der Waals surface area (Å²) in [6.45, 7) is 2.78. The third-order valence-corrected chi connectivity index (χ3v) is 3.72. The van der Waals surface area contributed by atoms with Crippen molar-refractivity contribution in [2.45, 2.75) is 19.4 Å². The maximum atomic E-state index is 13.6. The molecular weight excluding hydrogens is 298 g/mol. The van der Waals surface area contributed by atoms with E-state index in [0.717, 1.165) is 17.7 Å². The summed E-state index contributed by atoms with van der Waals surface area (Å²) in [6, 6.07) is 6.72. The van der Waals surface area contributed by atoms with E-state index in [-0.39, 0.29) is 11.1 Å². The van der Waals surface area contributed by atoms with Gasteiger partial charge in [-0.15, -0.1) is 0 Å². The second-order valence-electron chi connectivity index (χ2n) is 4.46.